The van der Waals surface area contributed by atoms with Gasteiger partial charge < -0.3 is 15.5 Å². The third kappa shape index (κ3) is 8.62. The van der Waals surface area contributed by atoms with Gasteiger partial charge >= 0.3 is 6.09 Å². The number of hydrogen-bond donors (Lipinski definition) is 3. The summed E-state index contributed by atoms with van der Waals surface area (Å²) in [6.45, 7) is 12.6. The highest BCUT2D eigenvalue weighted by atomic mass is 32.1. The Morgan fingerprint density at radius 2 is 1.93 bits per heavy atom. The highest BCUT2D eigenvalue weighted by molar-refractivity contribution is 7.07. The van der Waals surface area contributed by atoms with Crippen molar-refractivity contribution in [2.75, 3.05) is 6.54 Å². The molecule has 1 amide bonds. The van der Waals surface area contributed by atoms with Gasteiger partial charge in [-0.25, -0.2) is 4.79 Å². The van der Waals surface area contributed by atoms with Crippen LogP contribution >= 0.6 is 11.3 Å². The zero-order chi connectivity index (χ0) is 20.6. The first-order valence-electron chi connectivity index (χ1n) is 9.97. The Labute approximate surface area is 168 Å². The van der Waals surface area contributed by atoms with Crippen molar-refractivity contribution in [1.82, 2.24) is 10.2 Å². The van der Waals surface area contributed by atoms with Gasteiger partial charge in [-0.15, -0.1) is 0 Å². The first kappa shape index (κ1) is 23.9. The van der Waals surface area contributed by atoms with Crippen LogP contribution in [0.5, 0.6) is 0 Å². The van der Waals surface area contributed by atoms with Crippen LogP contribution in [0.25, 0.3) is 0 Å². The Morgan fingerprint density at radius 3 is 2.41 bits per heavy atom. The van der Waals surface area contributed by atoms with Gasteiger partial charge in [0.1, 0.15) is 0 Å². The molecule has 1 unspecified atom stereocenters. The van der Waals surface area contributed by atoms with Crippen LogP contribution in [0.2, 0.25) is 0 Å². The molecule has 0 fully saturated rings. The Bertz CT molecular complexity index is 540. The van der Waals surface area contributed by atoms with Crippen molar-refractivity contribution in [1.29, 1.82) is 0 Å². The first-order valence-corrected chi connectivity index (χ1v) is 10.9. The number of nitrogens with one attached hydrogen (secondary N) is 1. The standard InChI is InChI=1S/C21H38N2O3S/c1-15(2)8-7-9-16(3)22-13-19(24)18(12-17-10-11-27-14-17)23(20(25)26)21(4,5)6/h10-11,14-16,18-19,22,24H,7-9,12-13H2,1-6H3,(H,25,26)/t16?,18-,19-/m0/s1. The number of nitrogens with zero attached hydrogens (tertiary/aromatic N) is 1. The van der Waals surface area contributed by atoms with Crippen LogP contribution in [0.1, 0.15) is 66.4 Å². The summed E-state index contributed by atoms with van der Waals surface area (Å²) in [6.07, 6.45) is 2.16. The lowest BCUT2D eigenvalue weighted by Crippen LogP contribution is -2.58. The maximum atomic E-state index is 12.0. The Kier molecular flexibility index (Phi) is 9.77. The fraction of sp³-hybridized carbons (Fsp3) is 0.762. The summed E-state index contributed by atoms with van der Waals surface area (Å²) < 4.78 is 0. The van der Waals surface area contributed by atoms with Gasteiger partial charge in [-0.1, -0.05) is 26.7 Å². The van der Waals surface area contributed by atoms with Gasteiger partial charge in [0, 0.05) is 18.1 Å². The maximum absolute atomic E-state index is 12.0. The second-order valence-electron chi connectivity index (χ2n) is 8.93. The minimum absolute atomic E-state index is 0.299. The van der Waals surface area contributed by atoms with E-state index < -0.39 is 23.8 Å². The van der Waals surface area contributed by atoms with Crippen molar-refractivity contribution in [3.05, 3.63) is 22.4 Å². The molecule has 1 rings (SSSR count). The maximum Gasteiger partial charge on any atom is 0.408 e. The minimum Gasteiger partial charge on any atom is -0.465 e. The third-order valence-electron chi connectivity index (χ3n) is 4.82. The molecular weight excluding hydrogens is 360 g/mol. The average molecular weight is 399 g/mol. The van der Waals surface area contributed by atoms with Gasteiger partial charge in [-0.05, 0) is 68.8 Å². The highest BCUT2D eigenvalue weighted by Crippen LogP contribution is 2.23. The van der Waals surface area contributed by atoms with Gasteiger partial charge in [-0.3, -0.25) is 4.90 Å². The molecule has 27 heavy (non-hydrogen) atoms. The number of hydrogen-bond acceptors (Lipinski definition) is 4. The van der Waals surface area contributed by atoms with Gasteiger partial charge in [0.05, 0.1) is 12.1 Å². The van der Waals surface area contributed by atoms with E-state index in [1.165, 1.54) is 11.3 Å². The number of rotatable bonds is 11. The predicted octanol–water partition coefficient (Wildman–Crippen LogP) is 4.60. The largest absolute Gasteiger partial charge is 0.465 e. The number of carboxylic acid groups (broad SMARTS) is 1. The average Bonchev–Trinajstić information content (AvgIpc) is 3.03. The molecule has 156 valence electrons. The lowest BCUT2D eigenvalue weighted by Gasteiger charge is -2.42. The molecule has 0 radical (unpaired) electrons. The van der Waals surface area contributed by atoms with Gasteiger partial charge in [0.2, 0.25) is 0 Å². The molecule has 0 spiro atoms. The number of carbonyl (C=O) groups is 1. The number of thiophene rings is 1. The number of aliphatic hydroxyl groups is 1. The predicted molar refractivity (Wildman–Crippen MR) is 114 cm³/mol. The second-order valence-corrected chi connectivity index (χ2v) is 9.71. The molecule has 0 saturated heterocycles. The second kappa shape index (κ2) is 11.0. The van der Waals surface area contributed by atoms with Crippen LogP contribution in [0.4, 0.5) is 4.79 Å². The third-order valence-corrected chi connectivity index (χ3v) is 5.56. The van der Waals surface area contributed by atoms with Crippen LogP contribution < -0.4 is 5.32 Å². The molecule has 0 aliphatic carbocycles. The normalized spacial score (nSPS) is 15.6. The van der Waals surface area contributed by atoms with Crippen molar-refractivity contribution in [2.24, 2.45) is 5.92 Å². The highest BCUT2D eigenvalue weighted by Gasteiger charge is 2.37. The molecule has 0 bridgehead atoms. The molecule has 0 saturated carbocycles. The summed E-state index contributed by atoms with van der Waals surface area (Å²) in [7, 11) is 0. The smallest absolute Gasteiger partial charge is 0.408 e. The zero-order valence-corrected chi connectivity index (χ0v) is 18.6. The van der Waals surface area contributed by atoms with Crippen LogP contribution in [-0.2, 0) is 6.42 Å². The van der Waals surface area contributed by atoms with Crippen LogP contribution in [0, 0.1) is 5.92 Å². The summed E-state index contributed by atoms with van der Waals surface area (Å²) in [5.41, 5.74) is 0.473. The minimum atomic E-state index is -0.994. The Morgan fingerprint density at radius 1 is 1.26 bits per heavy atom. The van der Waals surface area contributed by atoms with Gasteiger partial charge in [-0.2, -0.15) is 11.3 Å². The molecule has 1 aromatic heterocycles. The molecule has 1 heterocycles. The molecule has 3 atom stereocenters. The van der Waals surface area contributed by atoms with Gasteiger partial charge in [0.15, 0.2) is 0 Å². The molecule has 0 aliphatic rings. The lowest BCUT2D eigenvalue weighted by molar-refractivity contribution is 0.00700. The van der Waals surface area contributed by atoms with Crippen LogP contribution in [-0.4, -0.2) is 51.5 Å². The van der Waals surface area contributed by atoms with Crippen molar-refractivity contribution < 1.29 is 15.0 Å². The zero-order valence-electron chi connectivity index (χ0n) is 17.7. The van der Waals surface area contributed by atoms with Crippen molar-refractivity contribution in [3.8, 4) is 0 Å². The molecule has 5 nitrogen and oxygen atoms in total. The summed E-state index contributed by atoms with van der Waals surface area (Å²) in [4.78, 5) is 13.4. The molecule has 0 aliphatic heterocycles. The lowest BCUT2D eigenvalue weighted by atomic mass is 9.95. The van der Waals surface area contributed by atoms with E-state index in [1.54, 1.807) is 11.3 Å². The molecule has 0 aromatic carbocycles. The monoisotopic (exact) mass is 398 g/mol. The fourth-order valence-corrected chi connectivity index (χ4v) is 4.05. The van der Waals surface area contributed by atoms with Crippen molar-refractivity contribution in [2.45, 2.75) is 91.0 Å². The quantitative estimate of drug-likeness (QED) is 0.509. The van der Waals surface area contributed by atoms with E-state index in [4.69, 9.17) is 0 Å². The van der Waals surface area contributed by atoms with E-state index >= 15 is 0 Å². The number of amides is 1. The van der Waals surface area contributed by atoms with Gasteiger partial charge in [0.25, 0.3) is 0 Å². The van der Waals surface area contributed by atoms with E-state index in [9.17, 15) is 15.0 Å². The summed E-state index contributed by atoms with van der Waals surface area (Å²) in [5, 5.41) is 28.1. The Hall–Kier alpha value is -1.11. The van der Waals surface area contributed by atoms with Crippen molar-refractivity contribution in [3.63, 3.8) is 0 Å². The first-order chi connectivity index (χ1) is 12.5. The van der Waals surface area contributed by atoms with E-state index in [2.05, 4.69) is 26.1 Å². The number of aliphatic hydroxyl groups excluding tert-OH is 1. The molecule has 1 aromatic rings. The summed E-state index contributed by atoms with van der Waals surface area (Å²) in [5.74, 6) is 0.702. The fourth-order valence-electron chi connectivity index (χ4n) is 3.37. The molecule has 6 heteroatoms. The molecular formula is C21H38N2O3S. The molecule has 3 N–H and O–H groups in total. The van der Waals surface area contributed by atoms with Crippen LogP contribution in [0.15, 0.2) is 16.8 Å². The topological polar surface area (TPSA) is 72.8 Å². The summed E-state index contributed by atoms with van der Waals surface area (Å²) >= 11 is 1.59. The summed E-state index contributed by atoms with van der Waals surface area (Å²) in [6, 6.07) is 1.80. The van der Waals surface area contributed by atoms with E-state index in [0.29, 0.717) is 24.9 Å². The van der Waals surface area contributed by atoms with Crippen molar-refractivity contribution >= 4 is 17.4 Å². The Balaban J connectivity index is 2.77. The SMILES string of the molecule is CC(C)CCCC(C)NC[C@H](O)[C@H](Cc1ccsc1)N(C(=O)O)C(C)(C)C. The van der Waals surface area contributed by atoms with E-state index in [-0.39, 0.29) is 0 Å². The van der Waals surface area contributed by atoms with E-state index in [0.717, 1.165) is 18.4 Å². The van der Waals surface area contributed by atoms with Crippen LogP contribution in [0.3, 0.4) is 0 Å². The van der Waals surface area contributed by atoms with E-state index in [1.807, 2.05) is 37.6 Å².